The topological polar surface area (TPSA) is 51.2 Å². The molecule has 0 aromatic carbocycles. The van der Waals surface area contributed by atoms with Crippen LogP contribution in [0.1, 0.15) is 11.5 Å². The molecule has 6 nitrogen and oxygen atoms in total. The highest BCUT2D eigenvalue weighted by atomic mass is 35.5. The van der Waals surface area contributed by atoms with Crippen LogP contribution in [0.4, 0.5) is 5.82 Å². The molecule has 0 spiro atoms. The molecule has 0 unspecified atom stereocenters. The smallest absolute Gasteiger partial charge is 0.152 e. The Kier molecular flexibility index (Phi) is 2.63. The molecular weight excluding hydrogens is 276 g/mol. The lowest BCUT2D eigenvalue weighted by molar-refractivity contribution is 0.556. The van der Waals surface area contributed by atoms with E-state index < -0.39 is 0 Å². The van der Waals surface area contributed by atoms with Crippen molar-refractivity contribution in [3.8, 4) is 0 Å². The Labute approximate surface area is 120 Å². The van der Waals surface area contributed by atoms with E-state index in [0.717, 1.165) is 36.1 Å². The quantitative estimate of drug-likeness (QED) is 0.673. The molecule has 3 aromatic heterocycles. The third-order valence-electron chi connectivity index (χ3n) is 3.67. The van der Waals surface area contributed by atoms with Crippen molar-refractivity contribution < 1.29 is 0 Å². The molecule has 0 radical (unpaired) electrons. The summed E-state index contributed by atoms with van der Waals surface area (Å²) >= 11 is 6.13. The Bertz CT molecular complexity index is 761. The van der Waals surface area contributed by atoms with Gasteiger partial charge in [0, 0.05) is 19.3 Å². The van der Waals surface area contributed by atoms with Crippen LogP contribution in [0.15, 0.2) is 30.7 Å². The lowest BCUT2D eigenvalue weighted by atomic mass is 10.3. The van der Waals surface area contributed by atoms with Gasteiger partial charge in [0.15, 0.2) is 11.6 Å². The summed E-state index contributed by atoms with van der Waals surface area (Å²) in [4.78, 5) is 6.93. The fraction of sp³-hybridized carbons (Fsp3) is 0.308. The minimum atomic E-state index is 0.434. The largest absolute Gasteiger partial charge is 0.346 e. The molecule has 20 heavy (non-hydrogen) atoms. The van der Waals surface area contributed by atoms with Crippen LogP contribution < -0.4 is 4.90 Å². The Morgan fingerprint density at radius 2 is 2.20 bits per heavy atom. The van der Waals surface area contributed by atoms with Crippen LogP contribution in [0.25, 0.3) is 5.65 Å². The number of imidazole rings is 1. The molecule has 4 rings (SSSR count). The first-order valence-corrected chi connectivity index (χ1v) is 7.04. The molecule has 1 aliphatic rings. The van der Waals surface area contributed by atoms with Crippen LogP contribution in [0.5, 0.6) is 0 Å². The lowest BCUT2D eigenvalue weighted by Crippen LogP contribution is -2.34. The second-order valence-corrected chi connectivity index (χ2v) is 5.07. The van der Waals surface area contributed by atoms with Gasteiger partial charge in [-0.25, -0.2) is 4.98 Å². The molecule has 0 saturated carbocycles. The Morgan fingerprint density at radius 3 is 3.10 bits per heavy atom. The maximum Gasteiger partial charge on any atom is 0.152 e. The molecule has 0 bridgehead atoms. The molecule has 4 heterocycles. The van der Waals surface area contributed by atoms with E-state index >= 15 is 0 Å². The number of hydrogen-bond acceptors (Lipinski definition) is 4. The van der Waals surface area contributed by atoms with Gasteiger partial charge in [-0.3, -0.25) is 0 Å². The first-order valence-electron chi connectivity index (χ1n) is 6.50. The van der Waals surface area contributed by atoms with E-state index in [1.807, 2.05) is 28.8 Å². The maximum absolute atomic E-state index is 6.13. The molecule has 0 fully saturated rings. The molecule has 0 amide bonds. The number of anilines is 1. The van der Waals surface area contributed by atoms with Crippen LogP contribution in [0.3, 0.4) is 0 Å². The van der Waals surface area contributed by atoms with Gasteiger partial charge in [-0.1, -0.05) is 6.07 Å². The number of rotatable bonds is 2. The summed E-state index contributed by atoms with van der Waals surface area (Å²) in [5.41, 5.74) is 1.94. The van der Waals surface area contributed by atoms with Crippen LogP contribution in [-0.2, 0) is 19.0 Å². The summed E-state index contributed by atoms with van der Waals surface area (Å²) in [7, 11) is 0. The van der Waals surface area contributed by atoms with Gasteiger partial charge >= 0.3 is 0 Å². The van der Waals surface area contributed by atoms with Gasteiger partial charge < -0.3 is 13.9 Å². The molecule has 102 valence electrons. The lowest BCUT2D eigenvalue weighted by Gasteiger charge is -2.27. The van der Waals surface area contributed by atoms with E-state index in [9.17, 15) is 0 Å². The van der Waals surface area contributed by atoms with Crippen molar-refractivity contribution in [2.24, 2.45) is 0 Å². The van der Waals surface area contributed by atoms with Crippen molar-refractivity contribution in [2.45, 2.75) is 19.0 Å². The second kappa shape index (κ2) is 4.49. The first-order chi connectivity index (χ1) is 9.86. The summed E-state index contributed by atoms with van der Waals surface area (Å²) in [5.74, 6) is 2.35. The molecule has 0 N–H and O–H groups in total. The third kappa shape index (κ3) is 1.68. The first kappa shape index (κ1) is 11.7. The van der Waals surface area contributed by atoms with E-state index in [-0.39, 0.29) is 0 Å². The van der Waals surface area contributed by atoms with E-state index in [0.29, 0.717) is 12.4 Å². The SMILES string of the molecule is ClCc1c(N2CCn3cnnc3C2)nc2ccccn12. The number of nitrogens with zero attached hydrogens (tertiary/aromatic N) is 6. The summed E-state index contributed by atoms with van der Waals surface area (Å²) in [6.07, 6.45) is 3.77. The van der Waals surface area contributed by atoms with Gasteiger partial charge in [0.2, 0.25) is 0 Å². The average Bonchev–Trinajstić information content (AvgIpc) is 3.10. The molecule has 0 aliphatic carbocycles. The molecule has 0 atom stereocenters. The highest BCUT2D eigenvalue weighted by Crippen LogP contribution is 2.26. The van der Waals surface area contributed by atoms with Crippen LogP contribution >= 0.6 is 11.6 Å². The molecular formula is C13H13ClN6. The van der Waals surface area contributed by atoms with Crippen molar-refractivity contribution in [3.63, 3.8) is 0 Å². The van der Waals surface area contributed by atoms with Crippen LogP contribution in [0.2, 0.25) is 0 Å². The highest BCUT2D eigenvalue weighted by Gasteiger charge is 2.23. The fourth-order valence-corrected chi connectivity index (χ4v) is 2.91. The molecule has 7 heteroatoms. The van der Waals surface area contributed by atoms with E-state index in [4.69, 9.17) is 16.6 Å². The number of aromatic nitrogens is 5. The van der Waals surface area contributed by atoms with E-state index in [1.54, 1.807) is 6.33 Å². The maximum atomic E-state index is 6.13. The normalized spacial score (nSPS) is 14.8. The van der Waals surface area contributed by atoms with Gasteiger partial charge in [0.25, 0.3) is 0 Å². The number of halogens is 1. The Balaban J connectivity index is 1.79. The average molecular weight is 289 g/mol. The number of hydrogen-bond donors (Lipinski definition) is 0. The zero-order valence-corrected chi connectivity index (χ0v) is 11.5. The third-order valence-corrected chi connectivity index (χ3v) is 3.93. The Morgan fingerprint density at radius 1 is 1.25 bits per heavy atom. The zero-order chi connectivity index (χ0) is 13.5. The number of fused-ring (bicyclic) bond motifs is 2. The minimum Gasteiger partial charge on any atom is -0.346 e. The van der Waals surface area contributed by atoms with Crippen molar-refractivity contribution >= 4 is 23.1 Å². The van der Waals surface area contributed by atoms with E-state index in [1.165, 1.54) is 0 Å². The fourth-order valence-electron chi connectivity index (χ4n) is 2.66. The van der Waals surface area contributed by atoms with Gasteiger partial charge in [0.05, 0.1) is 18.1 Å². The predicted octanol–water partition coefficient (Wildman–Crippen LogP) is 1.68. The summed E-state index contributed by atoms with van der Waals surface area (Å²) in [6, 6.07) is 5.96. The van der Waals surface area contributed by atoms with Gasteiger partial charge in [-0.05, 0) is 12.1 Å². The van der Waals surface area contributed by atoms with Gasteiger partial charge in [0.1, 0.15) is 12.0 Å². The Hall–Kier alpha value is -2.08. The van der Waals surface area contributed by atoms with E-state index in [2.05, 4.69) is 19.7 Å². The van der Waals surface area contributed by atoms with Gasteiger partial charge in [-0.2, -0.15) is 0 Å². The summed E-state index contributed by atoms with van der Waals surface area (Å²) in [6.45, 7) is 2.48. The van der Waals surface area contributed by atoms with Crippen molar-refractivity contribution in [1.29, 1.82) is 0 Å². The van der Waals surface area contributed by atoms with Crippen molar-refractivity contribution in [3.05, 3.63) is 42.2 Å². The zero-order valence-electron chi connectivity index (χ0n) is 10.8. The van der Waals surface area contributed by atoms with Crippen LogP contribution in [-0.4, -0.2) is 30.7 Å². The number of alkyl halides is 1. The molecule has 1 aliphatic heterocycles. The van der Waals surface area contributed by atoms with Crippen molar-refractivity contribution in [2.75, 3.05) is 11.4 Å². The van der Waals surface area contributed by atoms with Gasteiger partial charge in [-0.15, -0.1) is 21.8 Å². The standard InChI is InChI=1S/C13H13ClN6/c14-7-10-13(16-11-3-1-2-4-20(10)11)18-5-6-19-9-15-17-12(19)8-18/h1-4,9H,5-8H2. The number of pyridine rings is 1. The second-order valence-electron chi connectivity index (χ2n) is 4.81. The summed E-state index contributed by atoms with van der Waals surface area (Å²) in [5, 5.41) is 8.10. The summed E-state index contributed by atoms with van der Waals surface area (Å²) < 4.78 is 4.12. The molecule has 3 aromatic rings. The molecule has 0 saturated heterocycles. The highest BCUT2D eigenvalue weighted by molar-refractivity contribution is 6.17. The van der Waals surface area contributed by atoms with Crippen molar-refractivity contribution in [1.82, 2.24) is 24.1 Å². The van der Waals surface area contributed by atoms with Crippen LogP contribution in [0, 0.1) is 0 Å². The predicted molar refractivity (Wildman–Crippen MR) is 75.8 cm³/mol. The monoisotopic (exact) mass is 288 g/mol. The minimum absolute atomic E-state index is 0.434.